The van der Waals surface area contributed by atoms with Crippen molar-refractivity contribution in [3.8, 4) is 0 Å². The van der Waals surface area contributed by atoms with Crippen LogP contribution in [0.5, 0.6) is 0 Å². The van der Waals surface area contributed by atoms with E-state index in [0.29, 0.717) is 0 Å². The van der Waals surface area contributed by atoms with Gasteiger partial charge in [-0.25, -0.2) is 4.98 Å². The van der Waals surface area contributed by atoms with Crippen LogP contribution in [0.3, 0.4) is 0 Å². The topological polar surface area (TPSA) is 21.1 Å². The number of nitrogens with zero attached hydrogens (tertiary/aromatic N) is 3. The molecule has 0 amide bonds. The van der Waals surface area contributed by atoms with E-state index in [4.69, 9.17) is 0 Å². The molecule has 0 N–H and O–H groups in total. The van der Waals surface area contributed by atoms with E-state index < -0.39 is 0 Å². The number of rotatable bonds is 2. The van der Waals surface area contributed by atoms with Gasteiger partial charge in [-0.1, -0.05) is 0 Å². The lowest BCUT2D eigenvalue weighted by molar-refractivity contribution is 0.826. The SMILES string of the molecule is CCN(C)c1nccn1C. The van der Waals surface area contributed by atoms with Crippen molar-refractivity contribution in [1.29, 1.82) is 0 Å². The van der Waals surface area contributed by atoms with Crippen molar-refractivity contribution in [1.82, 2.24) is 9.55 Å². The predicted molar refractivity (Wildman–Crippen MR) is 42.2 cm³/mol. The summed E-state index contributed by atoms with van der Waals surface area (Å²) < 4.78 is 2.00. The summed E-state index contributed by atoms with van der Waals surface area (Å²) in [7, 11) is 4.02. The maximum atomic E-state index is 4.18. The summed E-state index contributed by atoms with van der Waals surface area (Å²) in [5, 5.41) is 0. The lowest BCUT2D eigenvalue weighted by Crippen LogP contribution is -2.19. The number of aryl methyl sites for hydroxylation is 1. The molecule has 0 fully saturated rings. The lowest BCUT2D eigenvalue weighted by Gasteiger charge is -2.14. The van der Waals surface area contributed by atoms with Crippen LogP contribution in [0.2, 0.25) is 0 Å². The van der Waals surface area contributed by atoms with E-state index in [1.54, 1.807) is 0 Å². The van der Waals surface area contributed by atoms with E-state index in [2.05, 4.69) is 16.8 Å². The minimum absolute atomic E-state index is 0.991. The van der Waals surface area contributed by atoms with Gasteiger partial charge in [-0.2, -0.15) is 0 Å². The van der Waals surface area contributed by atoms with Gasteiger partial charge < -0.3 is 9.47 Å². The van der Waals surface area contributed by atoms with Crippen LogP contribution in [0.1, 0.15) is 6.92 Å². The first-order valence-corrected chi connectivity index (χ1v) is 3.44. The molecule has 1 aromatic heterocycles. The molecule has 56 valence electrons. The third kappa shape index (κ3) is 1.12. The Labute approximate surface area is 61.3 Å². The molecule has 3 heteroatoms. The molecule has 10 heavy (non-hydrogen) atoms. The van der Waals surface area contributed by atoms with E-state index in [1.807, 2.05) is 31.1 Å². The fourth-order valence-corrected chi connectivity index (χ4v) is 0.867. The summed E-state index contributed by atoms with van der Waals surface area (Å²) >= 11 is 0. The van der Waals surface area contributed by atoms with Crippen LogP contribution in [-0.4, -0.2) is 23.1 Å². The molecule has 0 unspecified atom stereocenters. The van der Waals surface area contributed by atoms with Gasteiger partial charge in [0.05, 0.1) is 0 Å². The van der Waals surface area contributed by atoms with Crippen molar-refractivity contribution in [2.45, 2.75) is 6.92 Å². The molecule has 3 nitrogen and oxygen atoms in total. The third-order valence-electron chi connectivity index (χ3n) is 1.61. The van der Waals surface area contributed by atoms with Gasteiger partial charge in [0.25, 0.3) is 0 Å². The second kappa shape index (κ2) is 2.73. The van der Waals surface area contributed by atoms with Crippen molar-refractivity contribution in [3.63, 3.8) is 0 Å². The summed E-state index contributed by atoms with van der Waals surface area (Å²) in [6.45, 7) is 3.10. The lowest BCUT2D eigenvalue weighted by atomic mass is 10.6. The summed E-state index contributed by atoms with van der Waals surface area (Å²) in [5.41, 5.74) is 0. The summed E-state index contributed by atoms with van der Waals surface area (Å²) in [5.74, 6) is 1.02. The van der Waals surface area contributed by atoms with Crippen molar-refractivity contribution in [2.24, 2.45) is 7.05 Å². The smallest absolute Gasteiger partial charge is 0.204 e. The fraction of sp³-hybridized carbons (Fsp3) is 0.571. The zero-order chi connectivity index (χ0) is 7.56. The second-order valence-corrected chi connectivity index (χ2v) is 2.35. The average Bonchev–Trinajstić information content (AvgIpc) is 2.34. The van der Waals surface area contributed by atoms with Crippen LogP contribution in [0.15, 0.2) is 12.4 Å². The first-order valence-electron chi connectivity index (χ1n) is 3.44. The zero-order valence-electron chi connectivity index (χ0n) is 6.70. The molecule has 0 radical (unpaired) electrons. The molecular weight excluding hydrogens is 126 g/mol. The van der Waals surface area contributed by atoms with Crippen molar-refractivity contribution < 1.29 is 0 Å². The standard InChI is InChI=1S/C7H13N3/c1-4-9(2)7-8-5-6-10(7)3/h5-6H,4H2,1-3H3. The molecule has 0 aromatic carbocycles. The Morgan fingerprint density at radius 2 is 2.40 bits per heavy atom. The van der Waals surface area contributed by atoms with Gasteiger partial charge in [-0.05, 0) is 6.92 Å². The van der Waals surface area contributed by atoms with Gasteiger partial charge in [-0.15, -0.1) is 0 Å². The highest BCUT2D eigenvalue weighted by Gasteiger charge is 2.00. The van der Waals surface area contributed by atoms with Gasteiger partial charge >= 0.3 is 0 Å². The number of anilines is 1. The maximum Gasteiger partial charge on any atom is 0.204 e. The highest BCUT2D eigenvalue weighted by atomic mass is 15.3. The molecule has 1 heterocycles. The molecule has 0 aliphatic heterocycles. The number of imidazole rings is 1. The van der Waals surface area contributed by atoms with E-state index in [1.165, 1.54) is 0 Å². The monoisotopic (exact) mass is 139 g/mol. The van der Waals surface area contributed by atoms with E-state index in [9.17, 15) is 0 Å². The summed E-state index contributed by atoms with van der Waals surface area (Å²) in [6, 6.07) is 0. The Hall–Kier alpha value is -0.990. The van der Waals surface area contributed by atoms with Crippen molar-refractivity contribution in [2.75, 3.05) is 18.5 Å². The molecule has 0 atom stereocenters. The predicted octanol–water partition coefficient (Wildman–Crippen LogP) is 0.876. The minimum atomic E-state index is 0.991. The fourth-order valence-electron chi connectivity index (χ4n) is 0.867. The molecule has 0 aliphatic rings. The van der Waals surface area contributed by atoms with Gasteiger partial charge in [-0.3, -0.25) is 0 Å². The molecule has 0 saturated heterocycles. The van der Waals surface area contributed by atoms with Crippen LogP contribution in [0.4, 0.5) is 5.95 Å². The van der Waals surface area contributed by atoms with Gasteiger partial charge in [0, 0.05) is 33.0 Å². The van der Waals surface area contributed by atoms with Crippen LogP contribution in [0, 0.1) is 0 Å². The second-order valence-electron chi connectivity index (χ2n) is 2.35. The van der Waals surface area contributed by atoms with Gasteiger partial charge in [0.15, 0.2) is 0 Å². The Balaban J connectivity index is 2.82. The Morgan fingerprint density at radius 1 is 1.70 bits per heavy atom. The van der Waals surface area contributed by atoms with E-state index in [0.717, 1.165) is 12.5 Å². The molecule has 0 spiro atoms. The van der Waals surface area contributed by atoms with Crippen LogP contribution in [0.25, 0.3) is 0 Å². The number of aromatic nitrogens is 2. The molecule has 0 bridgehead atoms. The van der Waals surface area contributed by atoms with Crippen molar-refractivity contribution >= 4 is 5.95 Å². The highest BCUT2D eigenvalue weighted by Crippen LogP contribution is 2.05. The minimum Gasteiger partial charge on any atom is -0.346 e. The number of hydrogen-bond acceptors (Lipinski definition) is 2. The number of hydrogen-bond donors (Lipinski definition) is 0. The van der Waals surface area contributed by atoms with Crippen LogP contribution in [-0.2, 0) is 7.05 Å². The third-order valence-corrected chi connectivity index (χ3v) is 1.61. The van der Waals surface area contributed by atoms with Crippen LogP contribution < -0.4 is 4.90 Å². The summed E-state index contributed by atoms with van der Waals surface area (Å²) in [6.07, 6.45) is 3.75. The first kappa shape index (κ1) is 7.12. The maximum absolute atomic E-state index is 4.18. The first-order chi connectivity index (χ1) is 4.75. The summed E-state index contributed by atoms with van der Waals surface area (Å²) in [4.78, 5) is 6.27. The van der Waals surface area contributed by atoms with Gasteiger partial charge in [0.1, 0.15) is 0 Å². The molecular formula is C7H13N3. The molecule has 1 rings (SSSR count). The zero-order valence-corrected chi connectivity index (χ0v) is 6.70. The van der Waals surface area contributed by atoms with Crippen molar-refractivity contribution in [3.05, 3.63) is 12.4 Å². The molecule has 0 aliphatic carbocycles. The normalized spacial score (nSPS) is 9.90. The molecule has 0 saturated carbocycles. The van der Waals surface area contributed by atoms with Crippen LogP contribution >= 0.6 is 0 Å². The average molecular weight is 139 g/mol. The van der Waals surface area contributed by atoms with Gasteiger partial charge in [0.2, 0.25) is 5.95 Å². The molecule has 1 aromatic rings. The Morgan fingerprint density at radius 3 is 2.80 bits per heavy atom. The Kier molecular flexibility index (Phi) is 1.94. The Bertz CT molecular complexity index is 204. The largest absolute Gasteiger partial charge is 0.346 e. The van der Waals surface area contributed by atoms with E-state index in [-0.39, 0.29) is 0 Å². The quantitative estimate of drug-likeness (QED) is 0.606. The highest BCUT2D eigenvalue weighted by molar-refractivity contribution is 5.28. The van der Waals surface area contributed by atoms with E-state index >= 15 is 0 Å².